The van der Waals surface area contributed by atoms with Gasteiger partial charge in [-0.2, -0.15) is 0 Å². The van der Waals surface area contributed by atoms with Crippen molar-refractivity contribution in [1.82, 2.24) is 13.9 Å². The predicted molar refractivity (Wildman–Crippen MR) is 80.5 cm³/mol. The molecule has 0 aromatic carbocycles. The van der Waals surface area contributed by atoms with Crippen molar-refractivity contribution in [3.05, 3.63) is 17.7 Å². The zero-order chi connectivity index (χ0) is 14.8. The zero-order valence-corrected chi connectivity index (χ0v) is 13.6. The maximum absolute atomic E-state index is 12.1. The van der Waals surface area contributed by atoms with Crippen LogP contribution in [-0.2, 0) is 23.0 Å². The largest absolute Gasteiger partial charge is 0.334 e. The Morgan fingerprint density at radius 1 is 1.55 bits per heavy atom. The Labute approximate surface area is 126 Å². The van der Waals surface area contributed by atoms with Crippen LogP contribution in [0.5, 0.6) is 0 Å². The smallest absolute Gasteiger partial charge is 0.213 e. The average molecular weight is 320 g/mol. The van der Waals surface area contributed by atoms with Gasteiger partial charge in [0.2, 0.25) is 10.0 Å². The highest BCUT2D eigenvalue weighted by molar-refractivity contribution is 7.89. The fourth-order valence-corrected chi connectivity index (χ4v) is 4.23. The van der Waals surface area contributed by atoms with Crippen LogP contribution in [0.25, 0.3) is 0 Å². The standard InChI is InChI=1S/C13H22ClN3O2S/c1-11-8-17-10-12(4-5-13(17)15-11)9-16(2)20(18,19)7-3-6-14/h8,12H,3-7,9-10H2,1-2H3. The summed E-state index contributed by atoms with van der Waals surface area (Å²) in [7, 11) is -1.51. The number of halogens is 1. The normalized spacial score (nSPS) is 19.3. The molecule has 0 radical (unpaired) electrons. The highest BCUT2D eigenvalue weighted by Crippen LogP contribution is 2.21. The van der Waals surface area contributed by atoms with Crippen LogP contribution in [0, 0.1) is 12.8 Å². The molecule has 1 unspecified atom stereocenters. The lowest BCUT2D eigenvalue weighted by atomic mass is 10.00. The maximum Gasteiger partial charge on any atom is 0.213 e. The number of hydrogen-bond donors (Lipinski definition) is 0. The molecule has 1 aromatic rings. The van der Waals surface area contributed by atoms with Gasteiger partial charge < -0.3 is 4.57 Å². The highest BCUT2D eigenvalue weighted by Gasteiger charge is 2.25. The summed E-state index contributed by atoms with van der Waals surface area (Å²) in [5, 5.41) is 0. The van der Waals surface area contributed by atoms with Gasteiger partial charge in [0.25, 0.3) is 0 Å². The van der Waals surface area contributed by atoms with Crippen LogP contribution in [0.15, 0.2) is 6.20 Å². The number of fused-ring (bicyclic) bond motifs is 1. The summed E-state index contributed by atoms with van der Waals surface area (Å²) in [5.41, 5.74) is 1.03. The molecule has 1 aromatic heterocycles. The van der Waals surface area contributed by atoms with Crippen molar-refractivity contribution >= 4 is 21.6 Å². The van der Waals surface area contributed by atoms with Crippen molar-refractivity contribution in [3.63, 3.8) is 0 Å². The van der Waals surface area contributed by atoms with Crippen LogP contribution < -0.4 is 0 Å². The van der Waals surface area contributed by atoms with Crippen LogP contribution >= 0.6 is 11.6 Å². The number of alkyl halides is 1. The van der Waals surface area contributed by atoms with Crippen LogP contribution in [0.2, 0.25) is 0 Å². The Morgan fingerprint density at radius 3 is 3.00 bits per heavy atom. The highest BCUT2D eigenvalue weighted by atomic mass is 35.5. The van der Waals surface area contributed by atoms with Crippen LogP contribution in [-0.4, -0.2) is 47.5 Å². The van der Waals surface area contributed by atoms with Gasteiger partial charge >= 0.3 is 0 Å². The number of sulfonamides is 1. The molecule has 1 aliphatic heterocycles. The van der Waals surface area contributed by atoms with E-state index in [1.54, 1.807) is 7.05 Å². The van der Waals surface area contributed by atoms with E-state index in [9.17, 15) is 8.42 Å². The van der Waals surface area contributed by atoms with E-state index in [0.29, 0.717) is 24.8 Å². The number of nitrogens with zero attached hydrogens (tertiary/aromatic N) is 3. The van der Waals surface area contributed by atoms with Gasteiger partial charge in [-0.3, -0.25) is 0 Å². The quantitative estimate of drug-likeness (QED) is 0.749. The number of aromatic nitrogens is 2. The Balaban J connectivity index is 1.94. The third kappa shape index (κ3) is 3.74. The molecule has 7 heteroatoms. The van der Waals surface area contributed by atoms with E-state index < -0.39 is 10.0 Å². The molecule has 0 aliphatic carbocycles. The number of hydrogen-bond acceptors (Lipinski definition) is 3. The predicted octanol–water partition coefficient (Wildman–Crippen LogP) is 1.64. The SMILES string of the molecule is Cc1cn2c(n1)CCC(CN(C)S(=O)(=O)CCCCl)C2. The Hall–Kier alpha value is -0.590. The second-order valence-electron chi connectivity index (χ2n) is 5.49. The van der Waals surface area contributed by atoms with Gasteiger partial charge in [0.05, 0.1) is 11.4 Å². The molecule has 0 bridgehead atoms. The lowest BCUT2D eigenvalue weighted by Gasteiger charge is -2.27. The van der Waals surface area contributed by atoms with Crippen molar-refractivity contribution in [2.24, 2.45) is 5.92 Å². The van der Waals surface area contributed by atoms with Crippen molar-refractivity contribution in [3.8, 4) is 0 Å². The van der Waals surface area contributed by atoms with Crippen molar-refractivity contribution in [2.75, 3.05) is 25.2 Å². The second-order valence-corrected chi connectivity index (χ2v) is 8.07. The summed E-state index contributed by atoms with van der Waals surface area (Å²) in [4.78, 5) is 4.47. The Kier molecular flexibility index (Phi) is 5.09. The first-order valence-electron chi connectivity index (χ1n) is 6.95. The van der Waals surface area contributed by atoms with E-state index in [1.807, 2.05) is 13.1 Å². The number of aryl methyl sites for hydroxylation is 2. The molecular formula is C13H22ClN3O2S. The summed E-state index contributed by atoms with van der Waals surface area (Å²) >= 11 is 5.57. The minimum atomic E-state index is -3.17. The molecule has 2 heterocycles. The summed E-state index contributed by atoms with van der Waals surface area (Å²) in [6, 6.07) is 0. The summed E-state index contributed by atoms with van der Waals surface area (Å²) in [6.07, 6.45) is 4.47. The molecule has 0 amide bonds. The van der Waals surface area contributed by atoms with Gasteiger partial charge in [-0.25, -0.2) is 17.7 Å². The molecule has 5 nitrogen and oxygen atoms in total. The molecular weight excluding hydrogens is 298 g/mol. The van der Waals surface area contributed by atoms with Crippen molar-refractivity contribution in [2.45, 2.75) is 32.7 Å². The first kappa shape index (κ1) is 15.8. The summed E-state index contributed by atoms with van der Waals surface area (Å²) in [5.74, 6) is 1.99. The molecule has 114 valence electrons. The minimum absolute atomic E-state index is 0.134. The van der Waals surface area contributed by atoms with E-state index in [0.717, 1.165) is 30.9 Å². The zero-order valence-electron chi connectivity index (χ0n) is 12.0. The lowest BCUT2D eigenvalue weighted by molar-refractivity contribution is 0.303. The van der Waals surface area contributed by atoms with E-state index in [1.165, 1.54) is 4.31 Å². The third-order valence-corrected chi connectivity index (χ3v) is 5.91. The Morgan fingerprint density at radius 2 is 2.30 bits per heavy atom. The summed E-state index contributed by atoms with van der Waals surface area (Å²) < 4.78 is 27.8. The summed E-state index contributed by atoms with van der Waals surface area (Å²) in [6.45, 7) is 3.41. The minimum Gasteiger partial charge on any atom is -0.334 e. The molecule has 1 aliphatic rings. The topological polar surface area (TPSA) is 55.2 Å². The Bertz CT molecular complexity index is 556. The fourth-order valence-electron chi connectivity index (χ4n) is 2.68. The molecule has 20 heavy (non-hydrogen) atoms. The maximum atomic E-state index is 12.1. The van der Waals surface area contributed by atoms with E-state index in [2.05, 4.69) is 9.55 Å². The molecule has 0 fully saturated rings. The van der Waals surface area contributed by atoms with Gasteiger partial charge in [-0.15, -0.1) is 11.6 Å². The van der Waals surface area contributed by atoms with Gasteiger partial charge in [0.1, 0.15) is 5.82 Å². The molecule has 1 atom stereocenters. The monoisotopic (exact) mass is 319 g/mol. The first-order valence-corrected chi connectivity index (χ1v) is 9.09. The van der Waals surface area contributed by atoms with Crippen LogP contribution in [0.1, 0.15) is 24.4 Å². The third-order valence-electron chi connectivity index (χ3n) is 3.74. The van der Waals surface area contributed by atoms with Crippen LogP contribution in [0.4, 0.5) is 0 Å². The second kappa shape index (κ2) is 6.45. The molecule has 0 spiro atoms. The van der Waals surface area contributed by atoms with Gasteiger partial charge in [0.15, 0.2) is 0 Å². The molecule has 0 saturated carbocycles. The van der Waals surface area contributed by atoms with Gasteiger partial charge in [-0.1, -0.05) is 0 Å². The van der Waals surface area contributed by atoms with Gasteiger partial charge in [-0.05, 0) is 25.7 Å². The lowest BCUT2D eigenvalue weighted by Crippen LogP contribution is -2.36. The number of imidazole rings is 1. The molecule has 0 N–H and O–H groups in total. The van der Waals surface area contributed by atoms with Gasteiger partial charge in [0, 0.05) is 38.6 Å². The van der Waals surface area contributed by atoms with E-state index >= 15 is 0 Å². The van der Waals surface area contributed by atoms with Crippen molar-refractivity contribution in [1.29, 1.82) is 0 Å². The number of rotatable bonds is 6. The fraction of sp³-hybridized carbons (Fsp3) is 0.769. The first-order chi connectivity index (χ1) is 9.42. The molecule has 0 saturated heterocycles. The van der Waals surface area contributed by atoms with E-state index in [-0.39, 0.29) is 5.75 Å². The molecule has 2 rings (SSSR count). The average Bonchev–Trinajstić information content (AvgIpc) is 2.75. The van der Waals surface area contributed by atoms with Crippen molar-refractivity contribution < 1.29 is 8.42 Å². The van der Waals surface area contributed by atoms with E-state index in [4.69, 9.17) is 11.6 Å². The van der Waals surface area contributed by atoms with Crippen LogP contribution in [0.3, 0.4) is 0 Å².